The van der Waals surface area contributed by atoms with Crippen molar-refractivity contribution in [2.24, 2.45) is 5.73 Å². The van der Waals surface area contributed by atoms with Gasteiger partial charge < -0.3 is 16.4 Å². The number of carbonyl (C=O) groups excluding carboxylic acids is 1. The first-order chi connectivity index (χ1) is 7.61. The molecule has 0 bridgehead atoms. The van der Waals surface area contributed by atoms with Crippen molar-refractivity contribution in [1.82, 2.24) is 5.32 Å². The normalized spacial score (nSPS) is 9.94. The van der Waals surface area contributed by atoms with Crippen molar-refractivity contribution in [2.45, 2.75) is 6.42 Å². The number of urea groups is 1. The molecule has 0 saturated carbocycles. The molecule has 0 heterocycles. The zero-order chi connectivity index (χ0) is 12.0. The van der Waals surface area contributed by atoms with Crippen LogP contribution in [0.3, 0.4) is 0 Å². The Labute approximate surface area is 104 Å². The summed E-state index contributed by atoms with van der Waals surface area (Å²) in [7, 11) is 0. The van der Waals surface area contributed by atoms with Gasteiger partial charge >= 0.3 is 6.03 Å². The topological polar surface area (TPSA) is 67.1 Å². The number of carbonyl (C=O) groups is 1. The molecule has 4 N–H and O–H groups in total. The Balaban J connectivity index is 2.49. The minimum absolute atomic E-state index is 0.299. The minimum Gasteiger partial charge on any atom is -0.338 e. The Bertz CT molecular complexity index is 351. The van der Waals surface area contributed by atoms with Crippen molar-refractivity contribution < 1.29 is 4.79 Å². The Morgan fingerprint density at radius 1 is 1.25 bits per heavy atom. The van der Waals surface area contributed by atoms with Gasteiger partial charge in [0, 0.05) is 22.3 Å². The van der Waals surface area contributed by atoms with E-state index in [2.05, 4.69) is 10.6 Å². The van der Waals surface area contributed by atoms with E-state index in [-0.39, 0.29) is 6.03 Å². The average molecular weight is 262 g/mol. The zero-order valence-electron chi connectivity index (χ0n) is 8.59. The van der Waals surface area contributed by atoms with Crippen molar-refractivity contribution in [1.29, 1.82) is 0 Å². The van der Waals surface area contributed by atoms with Crippen LogP contribution in [0.15, 0.2) is 18.2 Å². The van der Waals surface area contributed by atoms with Crippen LogP contribution in [0, 0.1) is 0 Å². The number of nitrogens with two attached hydrogens (primary N) is 1. The maximum Gasteiger partial charge on any atom is 0.319 e. The van der Waals surface area contributed by atoms with Gasteiger partial charge in [0.05, 0.1) is 0 Å². The van der Waals surface area contributed by atoms with E-state index >= 15 is 0 Å². The van der Waals surface area contributed by atoms with Crippen molar-refractivity contribution in [3.05, 3.63) is 28.2 Å². The summed E-state index contributed by atoms with van der Waals surface area (Å²) in [6.45, 7) is 1.08. The summed E-state index contributed by atoms with van der Waals surface area (Å²) in [5.41, 5.74) is 5.86. The summed E-state index contributed by atoms with van der Waals surface area (Å²) >= 11 is 11.6. The fourth-order valence-corrected chi connectivity index (χ4v) is 1.63. The highest BCUT2D eigenvalue weighted by Gasteiger charge is 2.02. The van der Waals surface area contributed by atoms with E-state index in [1.807, 2.05) is 0 Å². The lowest BCUT2D eigenvalue weighted by atomic mass is 10.3. The summed E-state index contributed by atoms with van der Waals surface area (Å²) in [6, 6.07) is 4.54. The summed E-state index contributed by atoms with van der Waals surface area (Å²) in [4.78, 5) is 11.4. The lowest BCUT2D eigenvalue weighted by Gasteiger charge is -2.07. The van der Waals surface area contributed by atoms with Gasteiger partial charge in [-0.3, -0.25) is 0 Å². The second-order valence-corrected chi connectivity index (χ2v) is 4.05. The van der Waals surface area contributed by atoms with Crippen molar-refractivity contribution in [3.63, 3.8) is 0 Å². The zero-order valence-corrected chi connectivity index (χ0v) is 10.1. The second-order valence-electron chi connectivity index (χ2n) is 3.18. The molecule has 0 spiro atoms. The number of anilines is 1. The Morgan fingerprint density at radius 2 is 1.88 bits per heavy atom. The van der Waals surface area contributed by atoms with Gasteiger partial charge in [-0.25, -0.2) is 4.79 Å². The fraction of sp³-hybridized carbons (Fsp3) is 0.300. The second kappa shape index (κ2) is 6.58. The van der Waals surface area contributed by atoms with E-state index in [9.17, 15) is 4.79 Å². The van der Waals surface area contributed by atoms with Crippen LogP contribution in [-0.4, -0.2) is 19.1 Å². The number of benzene rings is 1. The van der Waals surface area contributed by atoms with Gasteiger partial charge in [0.25, 0.3) is 0 Å². The van der Waals surface area contributed by atoms with Crippen LogP contribution in [0.25, 0.3) is 0 Å². The lowest BCUT2D eigenvalue weighted by Crippen LogP contribution is -2.30. The number of hydrogen-bond acceptors (Lipinski definition) is 2. The molecule has 0 saturated heterocycles. The third-order valence-electron chi connectivity index (χ3n) is 1.79. The van der Waals surface area contributed by atoms with E-state index < -0.39 is 0 Å². The van der Waals surface area contributed by atoms with Crippen LogP contribution in [0.5, 0.6) is 0 Å². The van der Waals surface area contributed by atoms with Crippen LogP contribution in [-0.2, 0) is 0 Å². The molecule has 1 rings (SSSR count). The van der Waals surface area contributed by atoms with E-state index in [0.29, 0.717) is 28.8 Å². The van der Waals surface area contributed by atoms with E-state index in [1.165, 1.54) is 0 Å². The molecule has 0 unspecified atom stereocenters. The van der Waals surface area contributed by atoms with Crippen molar-refractivity contribution in [3.8, 4) is 0 Å². The molecule has 4 nitrogen and oxygen atoms in total. The standard InChI is InChI=1S/C10H13Cl2N3O/c11-7-4-8(12)6-9(5-7)15-10(16)14-3-1-2-13/h4-6H,1-3,13H2,(H2,14,15,16). The number of hydrogen-bond donors (Lipinski definition) is 3. The monoisotopic (exact) mass is 261 g/mol. The molecule has 6 heteroatoms. The van der Waals surface area contributed by atoms with Gasteiger partial charge in [-0.1, -0.05) is 23.2 Å². The highest BCUT2D eigenvalue weighted by molar-refractivity contribution is 6.35. The Morgan fingerprint density at radius 3 is 2.44 bits per heavy atom. The molecule has 0 aromatic heterocycles. The van der Waals surface area contributed by atoms with E-state index in [1.54, 1.807) is 18.2 Å². The number of amides is 2. The first-order valence-electron chi connectivity index (χ1n) is 4.83. The van der Waals surface area contributed by atoms with E-state index in [4.69, 9.17) is 28.9 Å². The maximum atomic E-state index is 11.4. The maximum absolute atomic E-state index is 11.4. The Hall–Kier alpha value is -0.970. The van der Waals surface area contributed by atoms with E-state index in [0.717, 1.165) is 6.42 Å². The van der Waals surface area contributed by atoms with Crippen LogP contribution < -0.4 is 16.4 Å². The lowest BCUT2D eigenvalue weighted by molar-refractivity contribution is 0.252. The first kappa shape index (κ1) is 13.1. The number of halogens is 2. The summed E-state index contributed by atoms with van der Waals surface area (Å²) < 4.78 is 0. The molecule has 0 aliphatic rings. The first-order valence-corrected chi connectivity index (χ1v) is 5.58. The predicted molar refractivity (Wildman–Crippen MR) is 67.2 cm³/mol. The highest BCUT2D eigenvalue weighted by atomic mass is 35.5. The van der Waals surface area contributed by atoms with Gasteiger partial charge in [0.15, 0.2) is 0 Å². The SMILES string of the molecule is NCCCNC(=O)Nc1cc(Cl)cc(Cl)c1. The smallest absolute Gasteiger partial charge is 0.319 e. The molecular weight excluding hydrogens is 249 g/mol. The highest BCUT2D eigenvalue weighted by Crippen LogP contribution is 2.22. The van der Waals surface area contributed by atoms with Crippen LogP contribution >= 0.6 is 23.2 Å². The Kier molecular flexibility index (Phi) is 5.38. The summed E-state index contributed by atoms with van der Waals surface area (Å²) in [5, 5.41) is 6.23. The van der Waals surface area contributed by atoms with Gasteiger partial charge in [-0.05, 0) is 31.2 Å². The molecule has 2 amide bonds. The van der Waals surface area contributed by atoms with Crippen LogP contribution in [0.2, 0.25) is 10.0 Å². The minimum atomic E-state index is -0.299. The molecular formula is C10H13Cl2N3O. The van der Waals surface area contributed by atoms with Gasteiger partial charge in [-0.15, -0.1) is 0 Å². The molecule has 0 aliphatic carbocycles. The van der Waals surface area contributed by atoms with Crippen molar-refractivity contribution >= 4 is 34.9 Å². The molecule has 0 aliphatic heterocycles. The molecule has 0 atom stereocenters. The molecule has 1 aromatic carbocycles. The van der Waals surface area contributed by atoms with Gasteiger partial charge in [0.2, 0.25) is 0 Å². The largest absolute Gasteiger partial charge is 0.338 e. The molecule has 0 fully saturated rings. The molecule has 88 valence electrons. The number of rotatable bonds is 4. The van der Waals surface area contributed by atoms with Gasteiger partial charge in [0.1, 0.15) is 0 Å². The van der Waals surface area contributed by atoms with Crippen molar-refractivity contribution in [2.75, 3.05) is 18.4 Å². The summed E-state index contributed by atoms with van der Waals surface area (Å²) in [5.74, 6) is 0. The third-order valence-corrected chi connectivity index (χ3v) is 2.22. The third kappa shape index (κ3) is 4.70. The van der Waals surface area contributed by atoms with Crippen LogP contribution in [0.4, 0.5) is 10.5 Å². The summed E-state index contributed by atoms with van der Waals surface area (Å²) in [6.07, 6.45) is 0.740. The van der Waals surface area contributed by atoms with Crippen LogP contribution in [0.1, 0.15) is 6.42 Å². The number of nitrogens with one attached hydrogen (secondary N) is 2. The molecule has 1 aromatic rings. The molecule has 0 radical (unpaired) electrons. The molecule has 16 heavy (non-hydrogen) atoms. The predicted octanol–water partition coefficient (Wildman–Crippen LogP) is 2.46. The average Bonchev–Trinajstić information content (AvgIpc) is 2.16. The van der Waals surface area contributed by atoms with Gasteiger partial charge in [-0.2, -0.15) is 0 Å². The quantitative estimate of drug-likeness (QED) is 0.729. The fourth-order valence-electron chi connectivity index (χ4n) is 1.11.